The van der Waals surface area contributed by atoms with Gasteiger partial charge in [-0.05, 0) is 12.8 Å². The fourth-order valence-corrected chi connectivity index (χ4v) is 2.54. The van der Waals surface area contributed by atoms with Gasteiger partial charge in [-0.3, -0.25) is 0 Å². The molecule has 3 aliphatic rings. The van der Waals surface area contributed by atoms with Crippen molar-refractivity contribution >= 4 is 0 Å². The molecule has 0 saturated heterocycles. The number of rotatable bonds is 2. The quantitative estimate of drug-likeness (QED) is 0.722. The Bertz CT molecular complexity index is 383. The van der Waals surface area contributed by atoms with Gasteiger partial charge in [0.2, 0.25) is 11.3 Å². The van der Waals surface area contributed by atoms with Crippen molar-refractivity contribution in [2.45, 2.75) is 36.0 Å². The van der Waals surface area contributed by atoms with Gasteiger partial charge in [0.05, 0.1) is 14.2 Å². The van der Waals surface area contributed by atoms with E-state index >= 15 is 0 Å². The van der Waals surface area contributed by atoms with Crippen LogP contribution in [0.5, 0.6) is 0 Å². The fraction of sp³-hybridized carbons (Fsp3) is 0.800. The lowest BCUT2D eigenvalue weighted by atomic mass is 9.64. The molecule has 0 amide bonds. The number of methoxy groups -OCH3 is 2. The molecule has 0 aromatic rings. The molecule has 1 fully saturated rings. The summed E-state index contributed by atoms with van der Waals surface area (Å²) < 4.78 is 91.2. The van der Waals surface area contributed by atoms with Crippen LogP contribution in [0, 0.1) is 0 Å². The maximum absolute atomic E-state index is 14.2. The molecule has 18 heavy (non-hydrogen) atoms. The second-order valence-electron chi connectivity index (χ2n) is 4.32. The van der Waals surface area contributed by atoms with Crippen molar-refractivity contribution in [1.82, 2.24) is 0 Å². The zero-order chi connectivity index (χ0) is 14.0. The van der Waals surface area contributed by atoms with E-state index in [2.05, 4.69) is 9.47 Å². The van der Waals surface area contributed by atoms with Crippen molar-refractivity contribution in [2.75, 3.05) is 14.2 Å². The van der Waals surface area contributed by atoms with Crippen molar-refractivity contribution in [1.29, 1.82) is 0 Å². The fourth-order valence-electron chi connectivity index (χ4n) is 2.54. The molecule has 3 aliphatic carbocycles. The van der Waals surface area contributed by atoms with E-state index in [1.54, 1.807) is 0 Å². The molecule has 2 atom stereocenters. The first-order chi connectivity index (χ1) is 8.10. The van der Waals surface area contributed by atoms with Crippen LogP contribution in [-0.2, 0) is 9.47 Å². The van der Waals surface area contributed by atoms with E-state index in [1.807, 2.05) is 0 Å². The summed E-state index contributed by atoms with van der Waals surface area (Å²) in [5.41, 5.74) is -7.52. The topological polar surface area (TPSA) is 18.5 Å². The van der Waals surface area contributed by atoms with Crippen molar-refractivity contribution in [3.05, 3.63) is 11.5 Å². The van der Waals surface area contributed by atoms with Crippen LogP contribution in [0.15, 0.2) is 11.5 Å². The summed E-state index contributed by atoms with van der Waals surface area (Å²) in [4.78, 5) is 0. The highest BCUT2D eigenvalue weighted by Gasteiger charge is 2.88. The van der Waals surface area contributed by atoms with Crippen LogP contribution in [0.4, 0.5) is 26.3 Å². The molecule has 2 unspecified atom stereocenters. The minimum Gasteiger partial charge on any atom is -0.494 e. The molecule has 2 nitrogen and oxygen atoms in total. The van der Waals surface area contributed by atoms with Crippen molar-refractivity contribution in [2.24, 2.45) is 0 Å². The van der Waals surface area contributed by atoms with Crippen LogP contribution in [0.1, 0.15) is 12.8 Å². The summed E-state index contributed by atoms with van der Waals surface area (Å²) >= 11 is 0. The maximum atomic E-state index is 14.2. The zero-order valence-corrected chi connectivity index (χ0v) is 9.50. The van der Waals surface area contributed by atoms with E-state index in [-0.39, 0.29) is 0 Å². The van der Waals surface area contributed by atoms with Gasteiger partial charge < -0.3 is 9.47 Å². The molecule has 8 heteroatoms. The Hall–Kier alpha value is -1.08. The lowest BCUT2D eigenvalue weighted by molar-refractivity contribution is -0.348. The molecule has 1 saturated carbocycles. The van der Waals surface area contributed by atoms with Crippen LogP contribution in [0.3, 0.4) is 0 Å². The number of alkyl halides is 6. The number of ether oxygens (including phenoxy) is 2. The summed E-state index contributed by atoms with van der Waals surface area (Å²) in [5, 5.41) is 0. The number of halogens is 6. The van der Waals surface area contributed by atoms with Gasteiger partial charge in [-0.15, -0.1) is 0 Å². The largest absolute Gasteiger partial charge is 0.494 e. The van der Waals surface area contributed by atoms with E-state index < -0.39 is 47.5 Å². The Morgan fingerprint density at radius 1 is 0.722 bits per heavy atom. The molecule has 0 aliphatic heterocycles. The summed E-state index contributed by atoms with van der Waals surface area (Å²) in [5.74, 6) is -12.8. The molecular weight excluding hydrogens is 266 g/mol. The summed E-state index contributed by atoms with van der Waals surface area (Å²) in [6.45, 7) is 0. The van der Waals surface area contributed by atoms with Gasteiger partial charge in [0.25, 0.3) is 0 Å². The third-order valence-corrected chi connectivity index (χ3v) is 3.54. The smallest absolute Gasteiger partial charge is 0.354 e. The van der Waals surface area contributed by atoms with Crippen LogP contribution >= 0.6 is 0 Å². The number of hydrogen-bond donors (Lipinski definition) is 0. The molecule has 0 heterocycles. The molecule has 0 aromatic heterocycles. The minimum absolute atomic E-state index is 0.800. The Morgan fingerprint density at radius 3 is 1.22 bits per heavy atom. The maximum Gasteiger partial charge on any atom is 0.354 e. The number of allylic oxidation sites excluding steroid dienone is 2. The van der Waals surface area contributed by atoms with Gasteiger partial charge >= 0.3 is 11.8 Å². The van der Waals surface area contributed by atoms with E-state index in [4.69, 9.17) is 0 Å². The average molecular weight is 276 g/mol. The molecule has 0 radical (unpaired) electrons. The van der Waals surface area contributed by atoms with Crippen molar-refractivity contribution < 1.29 is 35.8 Å². The van der Waals surface area contributed by atoms with Gasteiger partial charge in [-0.25, -0.2) is 8.78 Å². The zero-order valence-electron chi connectivity index (χ0n) is 9.50. The lowest BCUT2D eigenvalue weighted by Gasteiger charge is -2.53. The highest BCUT2D eigenvalue weighted by atomic mass is 19.3. The minimum atomic E-state index is -5.19. The van der Waals surface area contributed by atoms with Crippen molar-refractivity contribution in [3.8, 4) is 0 Å². The Morgan fingerprint density at radius 2 is 1.00 bits per heavy atom. The monoisotopic (exact) mass is 276 g/mol. The molecule has 104 valence electrons. The van der Waals surface area contributed by atoms with E-state index in [0.717, 1.165) is 14.2 Å². The first-order valence-corrected chi connectivity index (χ1v) is 5.07. The molecule has 0 N–H and O–H groups in total. The van der Waals surface area contributed by atoms with Gasteiger partial charge in [0.15, 0.2) is 11.5 Å². The van der Waals surface area contributed by atoms with E-state index in [1.165, 1.54) is 0 Å². The lowest BCUT2D eigenvalue weighted by Crippen LogP contribution is -2.74. The molecule has 0 aromatic carbocycles. The Balaban J connectivity index is 2.80. The highest BCUT2D eigenvalue weighted by Crippen LogP contribution is 2.67. The molecule has 0 spiro atoms. The summed E-state index contributed by atoms with van der Waals surface area (Å²) in [6, 6.07) is 0. The summed E-state index contributed by atoms with van der Waals surface area (Å²) in [7, 11) is 1.60. The van der Waals surface area contributed by atoms with Crippen LogP contribution in [-0.4, -0.2) is 37.4 Å². The first kappa shape index (κ1) is 13.4. The van der Waals surface area contributed by atoms with Crippen LogP contribution in [0.25, 0.3) is 0 Å². The van der Waals surface area contributed by atoms with Gasteiger partial charge in [0, 0.05) is 0 Å². The molecular formula is C10H10F6O2. The van der Waals surface area contributed by atoms with E-state index in [9.17, 15) is 26.3 Å². The van der Waals surface area contributed by atoms with E-state index in [0.29, 0.717) is 0 Å². The standard InChI is InChI=1S/C10H10F6O2/c1-17-5-6(18-2)8(12)4-3-7(5,11)9(13,14)10(8,15)16/h3-4H2,1-2H3. The van der Waals surface area contributed by atoms with Gasteiger partial charge in [-0.2, -0.15) is 17.6 Å². The third kappa shape index (κ3) is 1.03. The normalized spacial score (nSPS) is 40.9. The average Bonchev–Trinajstić information content (AvgIpc) is 2.29. The van der Waals surface area contributed by atoms with Gasteiger partial charge in [-0.1, -0.05) is 0 Å². The first-order valence-electron chi connectivity index (χ1n) is 5.07. The van der Waals surface area contributed by atoms with Crippen molar-refractivity contribution in [3.63, 3.8) is 0 Å². The molecule has 3 rings (SSSR count). The number of fused-ring (bicyclic) bond motifs is 2. The SMILES string of the molecule is COC1=C(OC)C2(F)CCC1(F)C(F)(F)C2(F)F. The molecule has 2 bridgehead atoms. The van der Waals surface area contributed by atoms with Gasteiger partial charge in [0.1, 0.15) is 0 Å². The second-order valence-corrected chi connectivity index (χ2v) is 4.32. The van der Waals surface area contributed by atoms with Crippen LogP contribution in [0.2, 0.25) is 0 Å². The number of hydrogen-bond acceptors (Lipinski definition) is 2. The summed E-state index contributed by atoms with van der Waals surface area (Å²) in [6.07, 6.45) is -2.19. The second kappa shape index (κ2) is 3.27. The highest BCUT2D eigenvalue weighted by molar-refractivity contribution is 5.41. The Labute approximate surface area is 98.5 Å². The Kier molecular flexibility index (Phi) is 2.43. The third-order valence-electron chi connectivity index (χ3n) is 3.54. The predicted octanol–water partition coefficient (Wildman–Crippen LogP) is 2.99. The predicted molar refractivity (Wildman–Crippen MR) is 47.9 cm³/mol. The van der Waals surface area contributed by atoms with Crippen LogP contribution < -0.4 is 0 Å².